The van der Waals surface area contributed by atoms with Gasteiger partial charge in [0.15, 0.2) is 0 Å². The van der Waals surface area contributed by atoms with E-state index in [4.69, 9.17) is 16.3 Å². The van der Waals surface area contributed by atoms with Crippen molar-refractivity contribution >= 4 is 23.3 Å². The minimum Gasteiger partial charge on any atom is -0.402 e. The van der Waals surface area contributed by atoms with Gasteiger partial charge in [0.05, 0.1) is 16.2 Å². The van der Waals surface area contributed by atoms with Gasteiger partial charge in [0.2, 0.25) is 5.88 Å². The molecule has 0 bridgehead atoms. The Balaban J connectivity index is 1.78. The third kappa shape index (κ3) is 4.09. The van der Waals surface area contributed by atoms with E-state index in [0.29, 0.717) is 5.69 Å². The van der Waals surface area contributed by atoms with Crippen LogP contribution in [0.25, 0.3) is 11.3 Å². The van der Waals surface area contributed by atoms with Crippen LogP contribution < -0.4 is 4.74 Å². The number of carbonyl (C=O) groups is 1. The molecule has 0 amide bonds. The van der Waals surface area contributed by atoms with Crippen LogP contribution in [0.1, 0.15) is 21.5 Å². The van der Waals surface area contributed by atoms with Gasteiger partial charge in [-0.1, -0.05) is 23.7 Å². The molecule has 0 saturated carbocycles. The van der Waals surface area contributed by atoms with Crippen molar-refractivity contribution < 1.29 is 14.5 Å². The van der Waals surface area contributed by atoms with Crippen LogP contribution in [-0.4, -0.2) is 21.1 Å². The first kappa shape index (κ1) is 18.5. The maximum absolute atomic E-state index is 12.2. The number of rotatable bonds is 4. The number of benzene rings is 2. The number of nitro groups is 1. The Hall–Kier alpha value is -3.32. The Bertz CT molecular complexity index is 1040. The summed E-state index contributed by atoms with van der Waals surface area (Å²) in [7, 11) is 0. The summed E-state index contributed by atoms with van der Waals surface area (Å²) in [6.45, 7) is 4.03. The van der Waals surface area contributed by atoms with Crippen molar-refractivity contribution in [2.75, 3.05) is 0 Å². The van der Waals surface area contributed by atoms with E-state index >= 15 is 0 Å². The SMILES string of the molecule is Cc1ccc(-c2ccc(OC(=O)c3ccc(Cl)c([N+](=O)[O-])c3)nn2)cc1C. The van der Waals surface area contributed by atoms with Crippen LogP contribution in [0.4, 0.5) is 5.69 Å². The summed E-state index contributed by atoms with van der Waals surface area (Å²) in [6, 6.07) is 12.8. The largest absolute Gasteiger partial charge is 0.402 e. The molecule has 0 N–H and O–H groups in total. The lowest BCUT2D eigenvalue weighted by Gasteiger charge is -2.06. The average Bonchev–Trinajstić information content (AvgIpc) is 2.64. The molecular weight excluding hydrogens is 370 g/mol. The number of aromatic nitrogens is 2. The topological polar surface area (TPSA) is 95.2 Å². The highest BCUT2D eigenvalue weighted by atomic mass is 35.5. The van der Waals surface area contributed by atoms with E-state index in [2.05, 4.69) is 10.2 Å². The molecule has 0 aliphatic heterocycles. The lowest BCUT2D eigenvalue weighted by molar-refractivity contribution is -0.384. The van der Waals surface area contributed by atoms with Gasteiger partial charge < -0.3 is 4.74 Å². The molecular formula is C19H14ClN3O4. The number of carbonyl (C=O) groups excluding carboxylic acids is 1. The van der Waals surface area contributed by atoms with Crippen LogP contribution in [0.15, 0.2) is 48.5 Å². The number of esters is 1. The molecule has 3 aromatic rings. The summed E-state index contributed by atoms with van der Waals surface area (Å²) in [5, 5.41) is 18.8. The minimum atomic E-state index is -0.789. The Labute approximate surface area is 159 Å². The summed E-state index contributed by atoms with van der Waals surface area (Å²) in [5.74, 6) is -0.798. The summed E-state index contributed by atoms with van der Waals surface area (Å²) in [4.78, 5) is 22.4. The molecule has 136 valence electrons. The fourth-order valence-electron chi connectivity index (χ4n) is 2.36. The highest BCUT2D eigenvalue weighted by Crippen LogP contribution is 2.26. The number of hydrogen-bond acceptors (Lipinski definition) is 6. The van der Waals surface area contributed by atoms with Gasteiger partial charge in [-0.25, -0.2) is 4.79 Å². The number of nitro benzene ring substituents is 1. The maximum Gasteiger partial charge on any atom is 0.345 e. The van der Waals surface area contributed by atoms with E-state index < -0.39 is 10.9 Å². The van der Waals surface area contributed by atoms with E-state index in [9.17, 15) is 14.9 Å². The summed E-state index contributed by atoms with van der Waals surface area (Å²) in [5.41, 5.74) is 3.47. The normalized spacial score (nSPS) is 10.5. The van der Waals surface area contributed by atoms with Crippen LogP contribution in [0, 0.1) is 24.0 Å². The van der Waals surface area contributed by atoms with Gasteiger partial charge in [-0.15, -0.1) is 10.2 Å². The molecule has 0 atom stereocenters. The van der Waals surface area contributed by atoms with Crippen LogP contribution >= 0.6 is 11.6 Å². The lowest BCUT2D eigenvalue weighted by Crippen LogP contribution is -2.10. The van der Waals surface area contributed by atoms with E-state index in [1.54, 1.807) is 6.07 Å². The highest BCUT2D eigenvalue weighted by molar-refractivity contribution is 6.32. The molecule has 27 heavy (non-hydrogen) atoms. The number of hydrogen-bond donors (Lipinski definition) is 0. The van der Waals surface area contributed by atoms with Gasteiger partial charge in [0, 0.05) is 17.7 Å². The molecule has 0 radical (unpaired) electrons. The molecule has 0 aliphatic rings. The Morgan fingerprint density at radius 3 is 2.44 bits per heavy atom. The van der Waals surface area contributed by atoms with E-state index in [0.717, 1.165) is 17.2 Å². The Kier molecular flexibility index (Phi) is 5.14. The first-order chi connectivity index (χ1) is 12.8. The van der Waals surface area contributed by atoms with Crippen LogP contribution in [0.3, 0.4) is 0 Å². The lowest BCUT2D eigenvalue weighted by atomic mass is 10.0. The van der Waals surface area contributed by atoms with Crippen LogP contribution in [0.5, 0.6) is 5.88 Å². The van der Waals surface area contributed by atoms with Crippen molar-refractivity contribution in [2.24, 2.45) is 0 Å². The molecule has 1 heterocycles. The quantitative estimate of drug-likeness (QED) is 0.373. The molecule has 3 rings (SSSR count). The number of ether oxygens (including phenoxy) is 1. The van der Waals surface area contributed by atoms with Crippen molar-refractivity contribution in [3.8, 4) is 17.1 Å². The summed E-state index contributed by atoms with van der Waals surface area (Å²) in [6.07, 6.45) is 0. The molecule has 0 aliphatic carbocycles. The van der Waals surface area contributed by atoms with Gasteiger partial charge in [0.1, 0.15) is 5.02 Å². The van der Waals surface area contributed by atoms with Crippen molar-refractivity contribution in [1.29, 1.82) is 0 Å². The monoisotopic (exact) mass is 383 g/mol. The zero-order chi connectivity index (χ0) is 19.6. The number of aryl methyl sites for hydroxylation is 2. The predicted octanol–water partition coefficient (Wildman–Crippen LogP) is 4.54. The summed E-state index contributed by atoms with van der Waals surface area (Å²) < 4.78 is 5.13. The van der Waals surface area contributed by atoms with E-state index in [1.165, 1.54) is 23.8 Å². The number of halogens is 1. The third-order valence-electron chi connectivity index (χ3n) is 4.02. The second-order valence-corrected chi connectivity index (χ2v) is 6.28. The third-order valence-corrected chi connectivity index (χ3v) is 4.34. The standard InChI is InChI=1S/C19H14ClN3O4/c1-11-3-4-13(9-12(11)2)16-7-8-18(22-21-16)27-19(24)14-5-6-15(20)17(10-14)23(25)26/h3-10H,1-2H3. The number of nitrogens with zero attached hydrogens (tertiary/aromatic N) is 3. The molecule has 0 saturated heterocycles. The molecule has 7 nitrogen and oxygen atoms in total. The van der Waals surface area contributed by atoms with Crippen molar-refractivity contribution in [1.82, 2.24) is 10.2 Å². The van der Waals surface area contributed by atoms with E-state index in [-0.39, 0.29) is 22.2 Å². The fraction of sp³-hybridized carbons (Fsp3) is 0.105. The Morgan fingerprint density at radius 2 is 1.81 bits per heavy atom. The zero-order valence-electron chi connectivity index (χ0n) is 14.5. The van der Waals surface area contributed by atoms with Crippen molar-refractivity contribution in [2.45, 2.75) is 13.8 Å². The minimum absolute atomic E-state index is 0.00821. The molecule has 0 unspecified atom stereocenters. The average molecular weight is 384 g/mol. The van der Waals surface area contributed by atoms with Crippen molar-refractivity contribution in [3.05, 3.63) is 80.4 Å². The second kappa shape index (κ2) is 7.51. The van der Waals surface area contributed by atoms with Gasteiger partial charge in [-0.05, 0) is 49.2 Å². The fourth-order valence-corrected chi connectivity index (χ4v) is 2.55. The first-order valence-corrected chi connectivity index (χ1v) is 8.30. The molecule has 2 aromatic carbocycles. The smallest absolute Gasteiger partial charge is 0.345 e. The van der Waals surface area contributed by atoms with Gasteiger partial charge in [0.25, 0.3) is 5.69 Å². The van der Waals surface area contributed by atoms with Crippen molar-refractivity contribution in [3.63, 3.8) is 0 Å². The second-order valence-electron chi connectivity index (χ2n) is 5.87. The highest BCUT2D eigenvalue weighted by Gasteiger charge is 2.18. The van der Waals surface area contributed by atoms with Crippen LogP contribution in [-0.2, 0) is 0 Å². The van der Waals surface area contributed by atoms with E-state index in [1.807, 2.05) is 32.0 Å². The molecule has 1 aromatic heterocycles. The van der Waals surface area contributed by atoms with Gasteiger partial charge in [-0.3, -0.25) is 10.1 Å². The van der Waals surface area contributed by atoms with Gasteiger partial charge in [-0.2, -0.15) is 0 Å². The van der Waals surface area contributed by atoms with Crippen LogP contribution in [0.2, 0.25) is 5.02 Å². The molecule has 0 fully saturated rings. The predicted molar refractivity (Wildman–Crippen MR) is 100 cm³/mol. The zero-order valence-corrected chi connectivity index (χ0v) is 15.2. The maximum atomic E-state index is 12.2. The first-order valence-electron chi connectivity index (χ1n) is 7.92. The van der Waals surface area contributed by atoms with Gasteiger partial charge >= 0.3 is 5.97 Å². The summed E-state index contributed by atoms with van der Waals surface area (Å²) >= 11 is 5.74. The Morgan fingerprint density at radius 1 is 1.04 bits per heavy atom. The molecule has 0 spiro atoms. The molecule has 8 heteroatoms.